The monoisotopic (exact) mass is 379 g/mol. The normalized spacial score (nSPS) is 18.5. The van der Waals surface area contributed by atoms with Gasteiger partial charge in [-0.15, -0.1) is 11.3 Å². The lowest BCUT2D eigenvalue weighted by molar-refractivity contribution is -0.137. The van der Waals surface area contributed by atoms with Crippen molar-refractivity contribution in [2.75, 3.05) is 13.1 Å². The minimum atomic E-state index is -4.39. The summed E-state index contributed by atoms with van der Waals surface area (Å²) in [6, 6.07) is 9.13. The molecular formula is C18H16F3N3OS. The summed E-state index contributed by atoms with van der Waals surface area (Å²) in [4.78, 5) is 7.98. The van der Waals surface area contributed by atoms with Gasteiger partial charge in [-0.3, -0.25) is 4.90 Å². The largest absolute Gasteiger partial charge is 0.416 e. The van der Waals surface area contributed by atoms with E-state index < -0.39 is 11.7 Å². The molecule has 1 atom stereocenters. The minimum Gasteiger partial charge on any atom is -0.339 e. The zero-order chi connectivity index (χ0) is 18.1. The predicted molar refractivity (Wildman–Crippen MR) is 91.7 cm³/mol. The van der Waals surface area contributed by atoms with Crippen molar-refractivity contribution < 1.29 is 17.7 Å². The lowest BCUT2D eigenvalue weighted by Gasteiger charge is -2.13. The van der Waals surface area contributed by atoms with Crippen LogP contribution < -0.4 is 0 Å². The Labute approximate surface area is 152 Å². The quantitative estimate of drug-likeness (QED) is 0.653. The average molecular weight is 379 g/mol. The van der Waals surface area contributed by atoms with E-state index in [1.807, 2.05) is 6.07 Å². The molecule has 0 N–H and O–H groups in total. The molecule has 136 valence electrons. The van der Waals surface area contributed by atoms with Crippen molar-refractivity contribution in [3.05, 3.63) is 58.1 Å². The topological polar surface area (TPSA) is 42.2 Å². The van der Waals surface area contributed by atoms with Crippen LogP contribution in [0.25, 0.3) is 11.4 Å². The van der Waals surface area contributed by atoms with Gasteiger partial charge in [0.2, 0.25) is 11.7 Å². The van der Waals surface area contributed by atoms with Crippen LogP contribution in [0.3, 0.4) is 0 Å². The molecule has 1 aromatic carbocycles. The molecule has 1 fully saturated rings. The zero-order valence-electron chi connectivity index (χ0n) is 13.7. The van der Waals surface area contributed by atoms with E-state index in [2.05, 4.69) is 26.5 Å². The van der Waals surface area contributed by atoms with E-state index in [0.29, 0.717) is 11.5 Å². The first kappa shape index (κ1) is 17.2. The van der Waals surface area contributed by atoms with Crippen LogP contribution in [0.4, 0.5) is 13.2 Å². The van der Waals surface area contributed by atoms with Crippen molar-refractivity contribution in [3.63, 3.8) is 0 Å². The van der Waals surface area contributed by atoms with Gasteiger partial charge in [0.05, 0.1) is 11.5 Å². The van der Waals surface area contributed by atoms with Crippen molar-refractivity contribution in [1.82, 2.24) is 15.0 Å². The molecule has 1 aliphatic rings. The van der Waals surface area contributed by atoms with E-state index in [1.54, 1.807) is 17.4 Å². The van der Waals surface area contributed by atoms with Crippen molar-refractivity contribution in [2.24, 2.45) is 0 Å². The molecule has 3 heterocycles. The molecule has 26 heavy (non-hydrogen) atoms. The second-order valence-corrected chi connectivity index (χ2v) is 7.37. The van der Waals surface area contributed by atoms with Crippen molar-refractivity contribution in [1.29, 1.82) is 0 Å². The summed E-state index contributed by atoms with van der Waals surface area (Å²) in [7, 11) is 0. The van der Waals surface area contributed by atoms with Gasteiger partial charge in [-0.1, -0.05) is 23.4 Å². The molecule has 0 saturated carbocycles. The van der Waals surface area contributed by atoms with E-state index >= 15 is 0 Å². The van der Waals surface area contributed by atoms with Gasteiger partial charge in [0.1, 0.15) is 0 Å². The van der Waals surface area contributed by atoms with E-state index in [-0.39, 0.29) is 11.7 Å². The van der Waals surface area contributed by atoms with Crippen molar-refractivity contribution in [3.8, 4) is 11.4 Å². The fourth-order valence-corrected chi connectivity index (χ4v) is 3.90. The van der Waals surface area contributed by atoms with Crippen molar-refractivity contribution in [2.45, 2.75) is 25.1 Å². The van der Waals surface area contributed by atoms with Crippen molar-refractivity contribution >= 4 is 11.3 Å². The zero-order valence-corrected chi connectivity index (χ0v) is 14.6. The molecule has 0 aliphatic carbocycles. The Bertz CT molecular complexity index is 876. The molecule has 0 bridgehead atoms. The smallest absolute Gasteiger partial charge is 0.339 e. The molecule has 3 aromatic rings. The number of halogens is 3. The van der Waals surface area contributed by atoms with Crippen LogP contribution >= 0.6 is 11.3 Å². The number of alkyl halides is 3. The number of benzene rings is 1. The minimum absolute atomic E-state index is 0.113. The Morgan fingerprint density at radius 2 is 2.12 bits per heavy atom. The summed E-state index contributed by atoms with van der Waals surface area (Å²) in [5, 5.41) is 5.94. The van der Waals surface area contributed by atoms with Gasteiger partial charge in [-0.2, -0.15) is 18.2 Å². The molecule has 4 rings (SSSR count). The number of hydrogen-bond acceptors (Lipinski definition) is 5. The molecule has 1 aliphatic heterocycles. The fraction of sp³-hybridized carbons (Fsp3) is 0.333. The molecule has 1 unspecified atom stereocenters. The van der Waals surface area contributed by atoms with Crippen LogP contribution in [-0.2, 0) is 12.7 Å². The first-order valence-electron chi connectivity index (χ1n) is 8.25. The summed E-state index contributed by atoms with van der Waals surface area (Å²) in [5.41, 5.74) is -0.410. The highest BCUT2D eigenvalue weighted by atomic mass is 32.1. The van der Waals surface area contributed by atoms with Crippen LogP contribution in [0.1, 0.15) is 28.7 Å². The number of nitrogens with zero attached hydrogens (tertiary/aromatic N) is 3. The number of aromatic nitrogens is 2. The van der Waals surface area contributed by atoms with E-state index in [1.165, 1.54) is 10.9 Å². The number of thiophene rings is 1. The first-order valence-corrected chi connectivity index (χ1v) is 9.13. The Morgan fingerprint density at radius 1 is 1.23 bits per heavy atom. The summed E-state index contributed by atoms with van der Waals surface area (Å²) < 4.78 is 43.9. The third-order valence-electron chi connectivity index (χ3n) is 4.47. The highest BCUT2D eigenvalue weighted by molar-refractivity contribution is 7.09. The molecule has 1 saturated heterocycles. The van der Waals surface area contributed by atoms with Crippen LogP contribution in [-0.4, -0.2) is 28.1 Å². The number of rotatable bonds is 4. The lowest BCUT2D eigenvalue weighted by Crippen LogP contribution is -2.19. The maximum absolute atomic E-state index is 12.9. The van der Waals surface area contributed by atoms with Gasteiger partial charge in [0.25, 0.3) is 0 Å². The maximum Gasteiger partial charge on any atom is 0.416 e. The van der Waals surface area contributed by atoms with Crippen LogP contribution in [0.2, 0.25) is 0 Å². The standard InChI is InChI=1S/C18H16F3N3OS/c19-18(20,21)14-4-1-3-12(9-14)16-22-17(25-23-16)13-6-7-24(10-13)11-15-5-2-8-26-15/h1-5,8-9,13H,6-7,10-11H2. The highest BCUT2D eigenvalue weighted by Gasteiger charge is 2.31. The van der Waals surface area contributed by atoms with E-state index in [4.69, 9.17) is 4.52 Å². The average Bonchev–Trinajstić information content (AvgIpc) is 3.36. The first-order chi connectivity index (χ1) is 12.5. The molecular weight excluding hydrogens is 363 g/mol. The van der Waals surface area contributed by atoms with Gasteiger partial charge in [-0.05, 0) is 36.5 Å². The highest BCUT2D eigenvalue weighted by Crippen LogP contribution is 2.33. The summed E-state index contributed by atoms with van der Waals surface area (Å²) in [5.74, 6) is 0.802. The number of hydrogen-bond donors (Lipinski definition) is 0. The third-order valence-corrected chi connectivity index (χ3v) is 5.33. The summed E-state index contributed by atoms with van der Waals surface area (Å²) >= 11 is 1.73. The van der Waals surface area contributed by atoms with Gasteiger partial charge in [0, 0.05) is 23.5 Å². The van der Waals surface area contributed by atoms with E-state index in [9.17, 15) is 13.2 Å². The second-order valence-electron chi connectivity index (χ2n) is 6.33. The maximum atomic E-state index is 12.9. The van der Waals surface area contributed by atoms with Gasteiger partial charge >= 0.3 is 6.18 Å². The molecule has 0 radical (unpaired) electrons. The summed E-state index contributed by atoms with van der Waals surface area (Å²) in [6.45, 7) is 2.63. The molecule has 0 amide bonds. The number of likely N-dealkylation sites (tertiary alicyclic amines) is 1. The Balaban J connectivity index is 1.47. The summed E-state index contributed by atoms with van der Waals surface area (Å²) in [6.07, 6.45) is -3.49. The molecule has 4 nitrogen and oxygen atoms in total. The van der Waals surface area contributed by atoms with Gasteiger partial charge < -0.3 is 4.52 Å². The van der Waals surface area contributed by atoms with Crippen LogP contribution in [0.15, 0.2) is 46.3 Å². The van der Waals surface area contributed by atoms with E-state index in [0.717, 1.165) is 38.2 Å². The molecule has 8 heteroatoms. The Morgan fingerprint density at radius 3 is 2.88 bits per heavy atom. The molecule has 2 aromatic heterocycles. The SMILES string of the molecule is FC(F)(F)c1cccc(-c2noc(C3CCN(Cc4cccs4)C3)n2)c1. The third kappa shape index (κ3) is 3.66. The predicted octanol–water partition coefficient (Wildman–Crippen LogP) is 4.81. The van der Waals surface area contributed by atoms with Gasteiger partial charge in [0.15, 0.2) is 0 Å². The fourth-order valence-electron chi connectivity index (χ4n) is 3.15. The van der Waals surface area contributed by atoms with Crippen LogP contribution in [0, 0.1) is 0 Å². The second kappa shape index (κ2) is 6.85. The molecule has 0 spiro atoms. The van der Waals surface area contributed by atoms with Crippen LogP contribution in [0.5, 0.6) is 0 Å². The van der Waals surface area contributed by atoms with Gasteiger partial charge in [-0.25, -0.2) is 0 Å². The lowest BCUT2D eigenvalue weighted by atomic mass is 10.1. The Hall–Kier alpha value is -2.19. The Kier molecular flexibility index (Phi) is 4.54.